The fourth-order valence-corrected chi connectivity index (χ4v) is 4.11. The average molecular weight is 357 g/mol. The summed E-state index contributed by atoms with van der Waals surface area (Å²) in [6.45, 7) is 11.8. The zero-order valence-electron chi connectivity index (χ0n) is 16.6. The predicted molar refractivity (Wildman–Crippen MR) is 107 cm³/mol. The smallest absolute Gasteiger partial charge is 0.163 e. The van der Waals surface area contributed by atoms with Crippen LogP contribution in [0.25, 0.3) is 0 Å². The lowest BCUT2D eigenvalue weighted by molar-refractivity contribution is 0.101. The van der Waals surface area contributed by atoms with E-state index in [9.17, 15) is 15.0 Å². The largest absolute Gasteiger partial charge is 0.507 e. The maximum absolute atomic E-state index is 12.3. The summed E-state index contributed by atoms with van der Waals surface area (Å²) in [7, 11) is 0. The third-order valence-corrected chi connectivity index (χ3v) is 5.52. The highest BCUT2D eigenvalue weighted by Crippen LogP contribution is 2.48. The summed E-state index contributed by atoms with van der Waals surface area (Å²) in [6.07, 6.45) is 7.80. The topological polar surface area (TPSA) is 57.5 Å². The molecule has 2 atom stereocenters. The van der Waals surface area contributed by atoms with Gasteiger partial charge in [0.15, 0.2) is 5.78 Å². The lowest BCUT2D eigenvalue weighted by Gasteiger charge is -2.32. The van der Waals surface area contributed by atoms with Crippen LogP contribution in [-0.4, -0.2) is 16.0 Å². The molecule has 0 radical (unpaired) electrons. The van der Waals surface area contributed by atoms with Crippen molar-refractivity contribution in [2.75, 3.05) is 0 Å². The fraction of sp³-hybridized carbons (Fsp3) is 0.522. The minimum Gasteiger partial charge on any atom is -0.507 e. The van der Waals surface area contributed by atoms with Crippen molar-refractivity contribution < 1.29 is 15.0 Å². The molecule has 26 heavy (non-hydrogen) atoms. The van der Waals surface area contributed by atoms with Gasteiger partial charge in [-0.3, -0.25) is 4.79 Å². The number of allylic oxidation sites excluding steroid dienone is 3. The van der Waals surface area contributed by atoms with E-state index in [0.717, 1.165) is 43.2 Å². The van der Waals surface area contributed by atoms with Gasteiger partial charge in [-0.15, -0.1) is 0 Å². The van der Waals surface area contributed by atoms with E-state index in [2.05, 4.69) is 26.5 Å². The van der Waals surface area contributed by atoms with Gasteiger partial charge in [-0.1, -0.05) is 43.6 Å². The lowest BCUT2D eigenvalue weighted by Crippen LogP contribution is -2.18. The highest BCUT2D eigenvalue weighted by molar-refractivity contribution is 5.99. The Kier molecular flexibility index (Phi) is 6.69. The van der Waals surface area contributed by atoms with Crippen LogP contribution in [0.4, 0.5) is 0 Å². The van der Waals surface area contributed by atoms with E-state index in [1.165, 1.54) is 12.5 Å². The zero-order valence-corrected chi connectivity index (χ0v) is 16.6. The normalized spacial score (nSPS) is 19.9. The molecule has 0 aliphatic heterocycles. The van der Waals surface area contributed by atoms with Gasteiger partial charge >= 0.3 is 0 Å². The minimum atomic E-state index is -0.154. The van der Waals surface area contributed by atoms with Crippen LogP contribution < -0.4 is 0 Å². The van der Waals surface area contributed by atoms with E-state index >= 15 is 0 Å². The summed E-state index contributed by atoms with van der Waals surface area (Å²) in [5.74, 6) is -0.115. The Hall–Kier alpha value is -2.03. The molecule has 3 heteroatoms. The molecule has 3 nitrogen and oxygen atoms in total. The molecule has 1 unspecified atom stereocenters. The average Bonchev–Trinajstić information content (AvgIpc) is 2.54. The molecule has 0 heterocycles. The van der Waals surface area contributed by atoms with E-state index in [0.29, 0.717) is 17.5 Å². The van der Waals surface area contributed by atoms with Crippen molar-refractivity contribution in [3.05, 3.63) is 46.6 Å². The second kappa shape index (κ2) is 8.57. The number of phenolic OH excluding ortho intramolecular Hbond substituents is 2. The van der Waals surface area contributed by atoms with E-state index in [4.69, 9.17) is 0 Å². The van der Waals surface area contributed by atoms with Crippen LogP contribution in [-0.2, 0) is 6.42 Å². The first-order valence-corrected chi connectivity index (χ1v) is 9.69. The van der Waals surface area contributed by atoms with Crippen molar-refractivity contribution in [3.8, 4) is 11.5 Å². The summed E-state index contributed by atoms with van der Waals surface area (Å²) in [5, 5.41) is 21.7. The van der Waals surface area contributed by atoms with Gasteiger partial charge in [0.1, 0.15) is 11.5 Å². The lowest BCUT2D eigenvalue weighted by atomic mass is 9.73. The third-order valence-electron chi connectivity index (χ3n) is 5.52. The summed E-state index contributed by atoms with van der Waals surface area (Å²) >= 11 is 0. The van der Waals surface area contributed by atoms with E-state index in [1.54, 1.807) is 6.07 Å². The van der Waals surface area contributed by atoms with Gasteiger partial charge < -0.3 is 10.2 Å². The summed E-state index contributed by atoms with van der Waals surface area (Å²) in [4.78, 5) is 12.3. The molecular formula is C23H32O3. The highest BCUT2D eigenvalue weighted by Gasteiger charge is 2.32. The Morgan fingerprint density at radius 1 is 1.27 bits per heavy atom. The van der Waals surface area contributed by atoms with Crippen LogP contribution in [0.1, 0.15) is 87.2 Å². The van der Waals surface area contributed by atoms with E-state index in [-0.39, 0.29) is 29.1 Å². The number of Topliss-reactive ketones (excluding diaryl/α,β-unsaturated/α-hetero) is 1. The number of carbonyl (C=O) groups is 1. The number of rotatable bonds is 7. The van der Waals surface area contributed by atoms with Gasteiger partial charge in [0.05, 0.1) is 5.56 Å². The molecule has 1 aromatic carbocycles. The molecule has 0 amide bonds. The number of aromatic hydroxyl groups is 2. The second-order valence-corrected chi connectivity index (χ2v) is 7.74. The molecule has 2 rings (SSSR count). The SMILES string of the molecule is C=C(C)[C@@H]1CCC(C)=CC1c1c(O)cc(CCCCC)c(C(C)=O)c1O. The molecule has 0 saturated carbocycles. The van der Waals surface area contributed by atoms with Crippen molar-refractivity contribution >= 4 is 5.78 Å². The Labute approximate surface area is 157 Å². The number of ketones is 1. The van der Waals surface area contributed by atoms with Crippen LogP contribution in [0.15, 0.2) is 29.9 Å². The Morgan fingerprint density at radius 3 is 2.54 bits per heavy atom. The van der Waals surface area contributed by atoms with Gasteiger partial charge in [0.25, 0.3) is 0 Å². The monoisotopic (exact) mass is 356 g/mol. The van der Waals surface area contributed by atoms with E-state index < -0.39 is 0 Å². The number of hydrogen-bond acceptors (Lipinski definition) is 3. The molecule has 0 aromatic heterocycles. The number of carbonyl (C=O) groups excluding carboxylic acids is 1. The Balaban J connectivity index is 2.58. The van der Waals surface area contributed by atoms with Crippen LogP contribution >= 0.6 is 0 Å². The first kappa shape index (κ1) is 20.3. The molecule has 2 N–H and O–H groups in total. The highest BCUT2D eigenvalue weighted by atomic mass is 16.3. The molecule has 0 bridgehead atoms. The van der Waals surface area contributed by atoms with Crippen molar-refractivity contribution in [1.82, 2.24) is 0 Å². The Bertz CT molecular complexity index is 727. The fourth-order valence-electron chi connectivity index (χ4n) is 4.11. The summed E-state index contributed by atoms with van der Waals surface area (Å²) < 4.78 is 0. The summed E-state index contributed by atoms with van der Waals surface area (Å²) in [6, 6.07) is 1.69. The van der Waals surface area contributed by atoms with Crippen LogP contribution in [0.5, 0.6) is 11.5 Å². The van der Waals surface area contributed by atoms with E-state index in [1.807, 2.05) is 6.92 Å². The van der Waals surface area contributed by atoms with Crippen molar-refractivity contribution in [2.45, 2.75) is 72.1 Å². The molecule has 1 aliphatic rings. The first-order valence-electron chi connectivity index (χ1n) is 9.69. The maximum Gasteiger partial charge on any atom is 0.163 e. The molecule has 1 aliphatic carbocycles. The number of unbranched alkanes of at least 4 members (excludes halogenated alkanes) is 2. The van der Waals surface area contributed by atoms with Gasteiger partial charge in [0.2, 0.25) is 0 Å². The summed E-state index contributed by atoms with van der Waals surface area (Å²) in [5.41, 5.74) is 3.86. The molecule has 0 spiro atoms. The molecular weight excluding hydrogens is 324 g/mol. The van der Waals surface area contributed by atoms with Crippen molar-refractivity contribution in [3.63, 3.8) is 0 Å². The van der Waals surface area contributed by atoms with Crippen molar-refractivity contribution in [2.24, 2.45) is 5.92 Å². The number of benzene rings is 1. The minimum absolute atomic E-state index is 0.0498. The van der Waals surface area contributed by atoms with Crippen molar-refractivity contribution in [1.29, 1.82) is 0 Å². The number of hydrogen-bond donors (Lipinski definition) is 2. The second-order valence-electron chi connectivity index (χ2n) is 7.74. The van der Waals surface area contributed by atoms with Gasteiger partial charge in [-0.25, -0.2) is 0 Å². The van der Waals surface area contributed by atoms with Gasteiger partial charge in [0, 0.05) is 11.5 Å². The standard InChI is InChI=1S/C23H32O3/c1-6-7-8-9-17-13-20(25)22(23(26)21(17)16(5)24)19-12-15(4)10-11-18(19)14(2)3/h12-13,18-19,25-26H,2,6-11H2,1,3-5H3/t18-,19?/m0/s1. The number of aryl methyl sites for hydroxylation is 1. The molecule has 142 valence electrons. The van der Waals surface area contributed by atoms with Gasteiger partial charge in [-0.2, -0.15) is 0 Å². The molecule has 0 fully saturated rings. The zero-order chi connectivity index (χ0) is 19.4. The first-order chi connectivity index (χ1) is 12.3. The molecule has 0 saturated heterocycles. The van der Waals surface area contributed by atoms with Crippen LogP contribution in [0.3, 0.4) is 0 Å². The predicted octanol–water partition coefficient (Wildman–Crippen LogP) is 6.05. The van der Waals surface area contributed by atoms with Gasteiger partial charge in [-0.05, 0) is 64.0 Å². The quantitative estimate of drug-likeness (QED) is 0.355. The maximum atomic E-state index is 12.3. The van der Waals surface area contributed by atoms with Crippen LogP contribution in [0, 0.1) is 5.92 Å². The third kappa shape index (κ3) is 4.20. The number of phenols is 2. The van der Waals surface area contributed by atoms with Crippen LogP contribution in [0.2, 0.25) is 0 Å². The molecule has 1 aromatic rings. The Morgan fingerprint density at radius 2 is 1.96 bits per heavy atom.